The average Bonchev–Trinajstić information content (AvgIpc) is 3.51. The maximum atomic E-state index is 13.2. The van der Waals surface area contributed by atoms with Crippen molar-refractivity contribution in [1.29, 1.82) is 0 Å². The van der Waals surface area contributed by atoms with Gasteiger partial charge in [0.05, 0.1) is 18.6 Å². The summed E-state index contributed by atoms with van der Waals surface area (Å²) < 4.78 is 13.1. The number of likely N-dealkylation sites (tertiary alicyclic amines) is 1. The van der Waals surface area contributed by atoms with Gasteiger partial charge < -0.3 is 18.9 Å². The fourth-order valence-corrected chi connectivity index (χ4v) is 5.48. The van der Waals surface area contributed by atoms with Crippen LogP contribution in [0.1, 0.15) is 27.0 Å². The van der Waals surface area contributed by atoms with Gasteiger partial charge in [-0.25, -0.2) is 0 Å². The Bertz CT molecular complexity index is 1060. The van der Waals surface area contributed by atoms with E-state index in [2.05, 4.69) is 50.2 Å². The molecule has 2 aromatic heterocycles. The van der Waals surface area contributed by atoms with E-state index in [9.17, 15) is 4.79 Å². The summed E-state index contributed by atoms with van der Waals surface area (Å²) in [4.78, 5) is 18.9. The molecule has 0 saturated carbocycles. The minimum atomic E-state index is 0.134. The molecule has 148 valence electrons. The molecule has 0 radical (unpaired) electrons. The molecule has 1 amide bonds. The highest BCUT2D eigenvalue weighted by atomic mass is 32.1. The second kappa shape index (κ2) is 6.64. The SMILES string of the molecule is O=C1c2cccn2[C@@H]2CN(Cc3ccc4c(c3)OCO4)C[C@H]2N1Cc1cccs1. The van der Waals surface area contributed by atoms with Crippen LogP contribution in [0.3, 0.4) is 0 Å². The fraction of sp³-hybridized carbons (Fsp3) is 0.318. The lowest BCUT2D eigenvalue weighted by atomic mass is 10.1. The van der Waals surface area contributed by atoms with Crippen molar-refractivity contribution >= 4 is 17.2 Å². The van der Waals surface area contributed by atoms with Crippen LogP contribution in [0.4, 0.5) is 0 Å². The lowest BCUT2D eigenvalue weighted by Crippen LogP contribution is -2.49. The standard InChI is InChI=1S/C22H21N3O3S/c26-22-17-4-1-7-24(17)18-12-23(10-15-5-6-20-21(9-15)28-14-27-20)13-19(18)25(22)11-16-3-2-8-29-16/h1-9,18-19H,10-14H2/t18-,19-/m1/s1. The molecule has 0 aliphatic carbocycles. The van der Waals surface area contributed by atoms with Gasteiger partial charge in [-0.3, -0.25) is 9.69 Å². The van der Waals surface area contributed by atoms with E-state index < -0.39 is 0 Å². The van der Waals surface area contributed by atoms with Crippen LogP contribution in [0.15, 0.2) is 54.0 Å². The normalized spacial score (nSPS) is 22.8. The molecule has 2 atom stereocenters. The quantitative estimate of drug-likeness (QED) is 0.665. The highest BCUT2D eigenvalue weighted by Gasteiger charge is 2.44. The Morgan fingerprint density at radius 1 is 1.00 bits per heavy atom. The van der Waals surface area contributed by atoms with Crippen molar-refractivity contribution in [2.24, 2.45) is 0 Å². The fourth-order valence-electron chi connectivity index (χ4n) is 4.77. The third kappa shape index (κ3) is 2.84. The predicted molar refractivity (Wildman–Crippen MR) is 109 cm³/mol. The van der Waals surface area contributed by atoms with Crippen LogP contribution in [0.2, 0.25) is 0 Å². The summed E-state index contributed by atoms with van der Waals surface area (Å²) >= 11 is 1.71. The largest absolute Gasteiger partial charge is 0.454 e. The van der Waals surface area contributed by atoms with Gasteiger partial charge in [-0.1, -0.05) is 12.1 Å². The maximum Gasteiger partial charge on any atom is 0.271 e. The number of amides is 1. The summed E-state index contributed by atoms with van der Waals surface area (Å²) in [7, 11) is 0. The number of thiophene rings is 1. The van der Waals surface area contributed by atoms with Crippen molar-refractivity contribution in [3.8, 4) is 11.5 Å². The summed E-state index contributed by atoms with van der Waals surface area (Å²) in [5.41, 5.74) is 2.00. The smallest absolute Gasteiger partial charge is 0.271 e. The molecule has 6 rings (SSSR count). The molecule has 3 aliphatic rings. The van der Waals surface area contributed by atoms with E-state index in [1.54, 1.807) is 11.3 Å². The third-order valence-electron chi connectivity index (χ3n) is 6.10. The summed E-state index contributed by atoms with van der Waals surface area (Å²) in [5.74, 6) is 1.77. The van der Waals surface area contributed by atoms with Gasteiger partial charge in [0.1, 0.15) is 5.69 Å². The summed E-state index contributed by atoms with van der Waals surface area (Å²) in [6.45, 7) is 3.60. The molecule has 1 saturated heterocycles. The Hall–Kier alpha value is -2.77. The number of carbonyl (C=O) groups is 1. The van der Waals surface area contributed by atoms with E-state index >= 15 is 0 Å². The predicted octanol–water partition coefficient (Wildman–Crippen LogP) is 3.36. The Morgan fingerprint density at radius 3 is 2.79 bits per heavy atom. The Kier molecular flexibility index (Phi) is 3.92. The number of ether oxygens (including phenoxy) is 2. The zero-order chi connectivity index (χ0) is 19.4. The van der Waals surface area contributed by atoms with Crippen LogP contribution in [0.5, 0.6) is 11.5 Å². The van der Waals surface area contributed by atoms with Gasteiger partial charge in [0.15, 0.2) is 11.5 Å². The maximum absolute atomic E-state index is 13.2. The van der Waals surface area contributed by atoms with Crippen LogP contribution >= 0.6 is 11.3 Å². The van der Waals surface area contributed by atoms with Gasteiger partial charge in [-0.15, -0.1) is 11.3 Å². The number of benzene rings is 1. The Balaban J connectivity index is 1.27. The lowest BCUT2D eigenvalue weighted by Gasteiger charge is -2.38. The lowest BCUT2D eigenvalue weighted by molar-refractivity contribution is 0.0559. The van der Waals surface area contributed by atoms with Gasteiger partial charge in [-0.05, 0) is 41.3 Å². The summed E-state index contributed by atoms with van der Waals surface area (Å²) in [6.07, 6.45) is 2.05. The van der Waals surface area contributed by atoms with E-state index in [1.807, 2.05) is 18.2 Å². The van der Waals surface area contributed by atoms with E-state index in [4.69, 9.17) is 9.47 Å². The first-order valence-electron chi connectivity index (χ1n) is 9.87. The number of aromatic nitrogens is 1. The van der Waals surface area contributed by atoms with E-state index in [-0.39, 0.29) is 18.0 Å². The zero-order valence-electron chi connectivity index (χ0n) is 15.9. The van der Waals surface area contributed by atoms with Crippen LogP contribution in [0.25, 0.3) is 0 Å². The van der Waals surface area contributed by atoms with Crippen LogP contribution in [0, 0.1) is 0 Å². The first-order chi connectivity index (χ1) is 14.3. The van der Waals surface area contributed by atoms with Gasteiger partial charge in [0.25, 0.3) is 5.91 Å². The Labute approximate surface area is 172 Å². The topological polar surface area (TPSA) is 46.9 Å². The van der Waals surface area contributed by atoms with Gasteiger partial charge >= 0.3 is 0 Å². The number of rotatable bonds is 4. The molecular formula is C22H21N3O3S. The van der Waals surface area contributed by atoms with E-state index in [1.165, 1.54) is 10.4 Å². The molecule has 0 N–H and O–H groups in total. The summed E-state index contributed by atoms with van der Waals surface area (Å²) in [5, 5.41) is 2.07. The summed E-state index contributed by atoms with van der Waals surface area (Å²) in [6, 6.07) is 14.7. The molecular weight excluding hydrogens is 386 g/mol. The minimum Gasteiger partial charge on any atom is -0.454 e. The van der Waals surface area contributed by atoms with E-state index in [0.29, 0.717) is 13.3 Å². The molecule has 29 heavy (non-hydrogen) atoms. The van der Waals surface area contributed by atoms with Gasteiger partial charge in [0.2, 0.25) is 6.79 Å². The monoisotopic (exact) mass is 407 g/mol. The first kappa shape index (κ1) is 17.1. The van der Waals surface area contributed by atoms with Crippen molar-refractivity contribution < 1.29 is 14.3 Å². The van der Waals surface area contributed by atoms with Crippen LogP contribution in [-0.4, -0.2) is 46.2 Å². The van der Waals surface area contributed by atoms with Gasteiger partial charge in [-0.2, -0.15) is 0 Å². The van der Waals surface area contributed by atoms with Gasteiger partial charge in [0, 0.05) is 30.7 Å². The van der Waals surface area contributed by atoms with Crippen molar-refractivity contribution in [2.45, 2.75) is 25.2 Å². The molecule has 1 aromatic carbocycles. The van der Waals surface area contributed by atoms with Crippen molar-refractivity contribution in [3.05, 3.63) is 70.2 Å². The average molecular weight is 407 g/mol. The van der Waals surface area contributed by atoms with Crippen molar-refractivity contribution in [2.75, 3.05) is 19.9 Å². The highest BCUT2D eigenvalue weighted by molar-refractivity contribution is 7.09. The number of nitrogens with zero attached hydrogens (tertiary/aromatic N) is 3. The first-order valence-corrected chi connectivity index (χ1v) is 10.8. The van der Waals surface area contributed by atoms with Crippen molar-refractivity contribution in [3.63, 3.8) is 0 Å². The number of hydrogen-bond donors (Lipinski definition) is 0. The Morgan fingerprint density at radius 2 is 1.90 bits per heavy atom. The molecule has 0 spiro atoms. The zero-order valence-corrected chi connectivity index (χ0v) is 16.7. The number of fused-ring (bicyclic) bond motifs is 4. The number of carbonyl (C=O) groups excluding carboxylic acids is 1. The molecule has 3 aromatic rings. The highest BCUT2D eigenvalue weighted by Crippen LogP contribution is 2.37. The molecule has 7 heteroatoms. The van der Waals surface area contributed by atoms with Crippen LogP contribution < -0.4 is 9.47 Å². The second-order valence-corrected chi connectivity index (χ2v) is 8.86. The molecule has 3 aliphatic heterocycles. The van der Waals surface area contributed by atoms with Crippen LogP contribution in [-0.2, 0) is 13.1 Å². The molecule has 0 unspecified atom stereocenters. The molecule has 1 fully saturated rings. The van der Waals surface area contributed by atoms with E-state index in [0.717, 1.165) is 36.8 Å². The third-order valence-corrected chi connectivity index (χ3v) is 6.96. The molecule has 0 bridgehead atoms. The molecule has 5 heterocycles. The number of hydrogen-bond acceptors (Lipinski definition) is 5. The molecule has 6 nitrogen and oxygen atoms in total. The second-order valence-electron chi connectivity index (χ2n) is 7.83. The van der Waals surface area contributed by atoms with Crippen molar-refractivity contribution in [1.82, 2.24) is 14.4 Å². The minimum absolute atomic E-state index is 0.134.